The summed E-state index contributed by atoms with van der Waals surface area (Å²) in [5.41, 5.74) is 1.22. The summed E-state index contributed by atoms with van der Waals surface area (Å²) in [4.78, 5) is 4.35. The summed E-state index contributed by atoms with van der Waals surface area (Å²) in [7, 11) is 0. The van der Waals surface area contributed by atoms with E-state index < -0.39 is 0 Å². The van der Waals surface area contributed by atoms with Gasteiger partial charge >= 0.3 is 0 Å². The molecule has 1 heterocycles. The van der Waals surface area contributed by atoms with Gasteiger partial charge in [0.05, 0.1) is 0 Å². The fourth-order valence-corrected chi connectivity index (χ4v) is 3.51. The lowest BCUT2D eigenvalue weighted by atomic mass is 9.95. The Morgan fingerprint density at radius 2 is 2.28 bits per heavy atom. The van der Waals surface area contributed by atoms with E-state index in [4.69, 9.17) is 0 Å². The molecule has 0 aromatic carbocycles. The molecule has 3 heteroatoms. The molecule has 2 bridgehead atoms. The van der Waals surface area contributed by atoms with Gasteiger partial charge in [0.25, 0.3) is 0 Å². The quantitative estimate of drug-likeness (QED) is 0.833. The minimum Gasteiger partial charge on any atom is -0.382 e. The summed E-state index contributed by atoms with van der Waals surface area (Å²) in [6.07, 6.45) is 8.73. The van der Waals surface area contributed by atoms with Crippen LogP contribution in [-0.4, -0.2) is 17.6 Å². The van der Waals surface area contributed by atoms with E-state index in [1.54, 1.807) is 0 Å². The van der Waals surface area contributed by atoms with Crippen LogP contribution in [0.5, 0.6) is 0 Å². The molecule has 2 N–H and O–H groups in total. The van der Waals surface area contributed by atoms with Crippen LogP contribution in [0.2, 0.25) is 0 Å². The molecule has 18 heavy (non-hydrogen) atoms. The number of hydrogen-bond acceptors (Lipinski definition) is 3. The zero-order chi connectivity index (χ0) is 12.4. The van der Waals surface area contributed by atoms with Crippen LogP contribution in [0.15, 0.2) is 18.3 Å². The number of hydrogen-bond donors (Lipinski definition) is 2. The average molecular weight is 245 g/mol. The Kier molecular flexibility index (Phi) is 3.39. The Morgan fingerprint density at radius 1 is 1.33 bits per heavy atom. The van der Waals surface area contributed by atoms with Crippen molar-refractivity contribution in [3.05, 3.63) is 18.3 Å². The number of anilines is 2. The molecule has 3 nitrogen and oxygen atoms in total. The molecule has 0 saturated heterocycles. The van der Waals surface area contributed by atoms with Crippen LogP contribution in [0.3, 0.4) is 0 Å². The molecular weight excluding hydrogens is 222 g/mol. The molecule has 3 unspecified atom stereocenters. The van der Waals surface area contributed by atoms with Crippen molar-refractivity contribution in [3.63, 3.8) is 0 Å². The highest BCUT2D eigenvalue weighted by molar-refractivity contribution is 5.52. The molecule has 0 aliphatic heterocycles. The van der Waals surface area contributed by atoms with Gasteiger partial charge in [-0.25, -0.2) is 4.98 Å². The smallest absolute Gasteiger partial charge is 0.127 e. The monoisotopic (exact) mass is 245 g/mol. The van der Waals surface area contributed by atoms with Crippen LogP contribution in [0.1, 0.15) is 39.0 Å². The Balaban J connectivity index is 1.62. The number of pyridine rings is 1. The predicted molar refractivity (Wildman–Crippen MR) is 75.9 cm³/mol. The van der Waals surface area contributed by atoms with E-state index in [1.165, 1.54) is 31.4 Å². The van der Waals surface area contributed by atoms with Gasteiger partial charge < -0.3 is 10.6 Å². The van der Waals surface area contributed by atoms with E-state index in [2.05, 4.69) is 34.7 Å². The molecule has 0 radical (unpaired) electrons. The second-order valence-electron chi connectivity index (χ2n) is 5.78. The Morgan fingerprint density at radius 3 is 3.00 bits per heavy atom. The first-order valence-corrected chi connectivity index (χ1v) is 7.31. The van der Waals surface area contributed by atoms with Gasteiger partial charge in [-0.15, -0.1) is 0 Å². The predicted octanol–water partition coefficient (Wildman–Crippen LogP) is 3.50. The van der Waals surface area contributed by atoms with E-state index in [0.717, 1.165) is 30.6 Å². The number of fused-ring (bicyclic) bond motifs is 2. The first-order valence-electron chi connectivity index (χ1n) is 7.31. The highest BCUT2D eigenvalue weighted by Crippen LogP contribution is 2.45. The molecular formula is C15H23N3. The van der Waals surface area contributed by atoms with Crippen LogP contribution in [-0.2, 0) is 0 Å². The summed E-state index contributed by atoms with van der Waals surface area (Å²) in [6, 6.07) is 4.93. The second kappa shape index (κ2) is 5.17. The van der Waals surface area contributed by atoms with Gasteiger partial charge in [0.15, 0.2) is 0 Å². The van der Waals surface area contributed by atoms with E-state index in [0.29, 0.717) is 6.04 Å². The van der Waals surface area contributed by atoms with Crippen molar-refractivity contribution in [1.82, 2.24) is 4.98 Å². The molecule has 1 aromatic heterocycles. The maximum atomic E-state index is 4.35. The second-order valence-corrected chi connectivity index (χ2v) is 5.78. The number of nitrogens with zero attached hydrogens (tertiary/aromatic N) is 1. The van der Waals surface area contributed by atoms with Gasteiger partial charge in [0, 0.05) is 30.5 Å². The minimum absolute atomic E-state index is 0.699. The number of rotatable bonds is 5. The van der Waals surface area contributed by atoms with Crippen molar-refractivity contribution in [3.8, 4) is 0 Å². The highest BCUT2D eigenvalue weighted by Gasteiger charge is 2.39. The van der Waals surface area contributed by atoms with Crippen LogP contribution in [0.25, 0.3) is 0 Å². The SMILES string of the molecule is CCCNc1cc(NC2CC3CCC2C3)ccn1. The molecule has 2 saturated carbocycles. The van der Waals surface area contributed by atoms with Crippen molar-refractivity contribution >= 4 is 11.5 Å². The molecule has 0 amide bonds. The minimum atomic E-state index is 0.699. The average Bonchev–Trinajstić information content (AvgIpc) is 2.99. The van der Waals surface area contributed by atoms with Gasteiger partial charge in [-0.05, 0) is 43.6 Å². The first kappa shape index (κ1) is 11.8. The number of aromatic nitrogens is 1. The van der Waals surface area contributed by atoms with Crippen molar-refractivity contribution in [1.29, 1.82) is 0 Å². The van der Waals surface area contributed by atoms with Crippen LogP contribution >= 0.6 is 0 Å². The van der Waals surface area contributed by atoms with E-state index in [-0.39, 0.29) is 0 Å². The standard InChI is InChI=1S/C15H23N3/c1-2-6-16-15-10-13(5-7-17-15)18-14-9-11-3-4-12(14)8-11/h5,7,10-12,14H,2-4,6,8-9H2,1H3,(H2,16,17,18). The van der Waals surface area contributed by atoms with Crippen LogP contribution in [0.4, 0.5) is 11.5 Å². The van der Waals surface area contributed by atoms with Crippen molar-refractivity contribution in [2.75, 3.05) is 17.2 Å². The third-order valence-electron chi connectivity index (χ3n) is 4.41. The Hall–Kier alpha value is -1.25. The normalized spacial score (nSPS) is 29.5. The third kappa shape index (κ3) is 2.45. The molecule has 2 aliphatic carbocycles. The fourth-order valence-electron chi connectivity index (χ4n) is 3.51. The topological polar surface area (TPSA) is 37.0 Å². The van der Waals surface area contributed by atoms with Crippen LogP contribution in [0, 0.1) is 11.8 Å². The zero-order valence-electron chi connectivity index (χ0n) is 11.2. The maximum Gasteiger partial charge on any atom is 0.127 e. The molecule has 1 aromatic rings. The summed E-state index contributed by atoms with van der Waals surface area (Å²) < 4.78 is 0. The molecule has 3 rings (SSSR count). The highest BCUT2D eigenvalue weighted by atomic mass is 15.0. The lowest BCUT2D eigenvalue weighted by Crippen LogP contribution is -2.25. The number of nitrogens with one attached hydrogen (secondary N) is 2. The molecule has 2 aliphatic rings. The van der Waals surface area contributed by atoms with Gasteiger partial charge in [-0.1, -0.05) is 13.3 Å². The summed E-state index contributed by atoms with van der Waals surface area (Å²) in [5.74, 6) is 2.90. The fraction of sp³-hybridized carbons (Fsp3) is 0.667. The van der Waals surface area contributed by atoms with Gasteiger partial charge in [0.1, 0.15) is 5.82 Å². The summed E-state index contributed by atoms with van der Waals surface area (Å²) in [5, 5.41) is 7.05. The van der Waals surface area contributed by atoms with Crippen molar-refractivity contribution in [2.45, 2.75) is 45.1 Å². The van der Waals surface area contributed by atoms with E-state index in [9.17, 15) is 0 Å². The molecule has 98 valence electrons. The van der Waals surface area contributed by atoms with E-state index in [1.807, 2.05) is 6.20 Å². The molecule has 3 atom stereocenters. The Bertz CT molecular complexity index is 404. The third-order valence-corrected chi connectivity index (χ3v) is 4.41. The Labute approximate surface area is 109 Å². The van der Waals surface area contributed by atoms with Gasteiger partial charge in [0.2, 0.25) is 0 Å². The first-order chi connectivity index (χ1) is 8.85. The van der Waals surface area contributed by atoms with Crippen molar-refractivity contribution < 1.29 is 0 Å². The maximum absolute atomic E-state index is 4.35. The lowest BCUT2D eigenvalue weighted by molar-refractivity contribution is 0.440. The van der Waals surface area contributed by atoms with Gasteiger partial charge in [-0.2, -0.15) is 0 Å². The molecule has 2 fully saturated rings. The summed E-state index contributed by atoms with van der Waals surface area (Å²) in [6.45, 7) is 3.16. The lowest BCUT2D eigenvalue weighted by Gasteiger charge is -2.24. The largest absolute Gasteiger partial charge is 0.382 e. The molecule has 0 spiro atoms. The van der Waals surface area contributed by atoms with Crippen molar-refractivity contribution in [2.24, 2.45) is 11.8 Å². The van der Waals surface area contributed by atoms with Crippen LogP contribution < -0.4 is 10.6 Å². The summed E-state index contributed by atoms with van der Waals surface area (Å²) >= 11 is 0. The zero-order valence-corrected chi connectivity index (χ0v) is 11.2. The van der Waals surface area contributed by atoms with Gasteiger partial charge in [-0.3, -0.25) is 0 Å². The van der Waals surface area contributed by atoms with E-state index >= 15 is 0 Å².